The van der Waals surface area contributed by atoms with Crippen molar-refractivity contribution >= 4 is 23.4 Å². The number of hydrogen-bond donors (Lipinski definition) is 1. The number of ether oxygens (including phenoxy) is 1. The maximum Gasteiger partial charge on any atom is 0.291 e. The van der Waals surface area contributed by atoms with E-state index in [2.05, 4.69) is 25.4 Å². The summed E-state index contributed by atoms with van der Waals surface area (Å²) in [4.78, 5) is 6.95. The average Bonchev–Trinajstić information content (AvgIpc) is 2.51. The molecule has 4 aliphatic heterocycles. The molecule has 1 spiro atoms. The first-order chi connectivity index (χ1) is 10.2. The molecule has 112 valence electrons. The zero-order valence-electron chi connectivity index (χ0n) is 11.8. The number of rotatable bonds is 1. The molecule has 0 amide bonds. The number of amidine groups is 1. The van der Waals surface area contributed by atoms with Crippen molar-refractivity contribution < 1.29 is 4.74 Å². The molecular weight excluding hydrogens is 290 g/mol. The standard InChI is InChI=1S/C14H18ClN5O/c15-11-1-2-12(19-18-11)17-13-16-6-5-14(21-13)9-20-7-3-10(14)4-8-20/h1-2,10H,3-9H2,(H,16,17,19). The van der Waals surface area contributed by atoms with Crippen LogP contribution in [0.25, 0.3) is 0 Å². The molecule has 6 nitrogen and oxygen atoms in total. The molecule has 0 radical (unpaired) electrons. The second-order valence-electron chi connectivity index (χ2n) is 6.02. The van der Waals surface area contributed by atoms with Crippen LogP contribution in [0, 0.1) is 5.92 Å². The average molecular weight is 308 g/mol. The molecule has 1 aromatic heterocycles. The molecule has 0 saturated carbocycles. The van der Waals surface area contributed by atoms with Gasteiger partial charge < -0.3 is 4.74 Å². The van der Waals surface area contributed by atoms with Gasteiger partial charge in [0, 0.05) is 25.4 Å². The normalized spacial score (nSPS) is 34.4. The maximum absolute atomic E-state index is 6.28. The summed E-state index contributed by atoms with van der Waals surface area (Å²) in [6.07, 6.45) is 3.47. The van der Waals surface area contributed by atoms with Gasteiger partial charge in [0.15, 0.2) is 11.0 Å². The van der Waals surface area contributed by atoms with Crippen LogP contribution < -0.4 is 5.32 Å². The first-order valence-electron chi connectivity index (χ1n) is 7.46. The van der Waals surface area contributed by atoms with Crippen LogP contribution in [0.4, 0.5) is 5.82 Å². The molecule has 2 bridgehead atoms. The number of anilines is 1. The Bertz CT molecular complexity index is 555. The summed E-state index contributed by atoms with van der Waals surface area (Å²) in [5, 5.41) is 11.3. The minimum Gasteiger partial charge on any atom is -0.457 e. The molecule has 1 N–H and O–H groups in total. The highest BCUT2D eigenvalue weighted by atomic mass is 35.5. The van der Waals surface area contributed by atoms with Crippen molar-refractivity contribution in [2.45, 2.75) is 24.9 Å². The number of aliphatic imine (C=N–C) groups is 1. The number of fused-ring (bicyclic) bond motifs is 2. The summed E-state index contributed by atoms with van der Waals surface area (Å²) < 4.78 is 6.28. The Balaban J connectivity index is 1.50. The Morgan fingerprint density at radius 1 is 1.29 bits per heavy atom. The third-order valence-corrected chi connectivity index (χ3v) is 4.98. The van der Waals surface area contributed by atoms with Crippen molar-refractivity contribution in [3.05, 3.63) is 17.3 Å². The van der Waals surface area contributed by atoms with Gasteiger partial charge in [-0.05, 0) is 38.1 Å². The smallest absolute Gasteiger partial charge is 0.291 e. The van der Waals surface area contributed by atoms with Crippen molar-refractivity contribution in [1.29, 1.82) is 0 Å². The maximum atomic E-state index is 6.28. The van der Waals surface area contributed by atoms with Gasteiger partial charge in [0.1, 0.15) is 5.60 Å². The predicted molar refractivity (Wildman–Crippen MR) is 80.6 cm³/mol. The van der Waals surface area contributed by atoms with E-state index in [1.807, 2.05) is 0 Å². The van der Waals surface area contributed by atoms with E-state index < -0.39 is 0 Å². The molecule has 1 aromatic rings. The topological polar surface area (TPSA) is 62.6 Å². The third kappa shape index (κ3) is 2.46. The highest BCUT2D eigenvalue weighted by molar-refractivity contribution is 6.29. The lowest BCUT2D eigenvalue weighted by Gasteiger charge is -2.53. The van der Waals surface area contributed by atoms with Crippen LogP contribution in [0.3, 0.4) is 0 Å². The van der Waals surface area contributed by atoms with Gasteiger partial charge in [0.25, 0.3) is 6.02 Å². The van der Waals surface area contributed by atoms with E-state index in [4.69, 9.17) is 16.3 Å². The Kier molecular flexibility index (Phi) is 3.23. The second kappa shape index (κ2) is 5.10. The highest BCUT2D eigenvalue weighted by Gasteiger charge is 2.50. The molecule has 1 unspecified atom stereocenters. The van der Waals surface area contributed by atoms with Gasteiger partial charge in [0.2, 0.25) is 0 Å². The first-order valence-corrected chi connectivity index (χ1v) is 7.83. The monoisotopic (exact) mass is 307 g/mol. The zero-order valence-corrected chi connectivity index (χ0v) is 12.5. The van der Waals surface area contributed by atoms with Crippen LogP contribution in [0.1, 0.15) is 19.3 Å². The molecule has 3 saturated heterocycles. The number of piperidine rings is 3. The molecular formula is C14H18ClN5O. The minimum absolute atomic E-state index is 0.0690. The fourth-order valence-corrected chi connectivity index (χ4v) is 3.80. The number of halogens is 1. The van der Waals surface area contributed by atoms with E-state index >= 15 is 0 Å². The lowest BCUT2D eigenvalue weighted by atomic mass is 9.73. The molecule has 0 aromatic carbocycles. The fourth-order valence-electron chi connectivity index (χ4n) is 3.70. The van der Waals surface area contributed by atoms with Gasteiger partial charge in [-0.3, -0.25) is 10.2 Å². The number of hydrogen-bond acceptors (Lipinski definition) is 6. The largest absolute Gasteiger partial charge is 0.457 e. The molecule has 4 aliphatic rings. The minimum atomic E-state index is -0.0690. The van der Waals surface area contributed by atoms with Gasteiger partial charge in [-0.15, -0.1) is 10.2 Å². The Hall–Kier alpha value is -1.40. The third-order valence-electron chi connectivity index (χ3n) is 4.78. The van der Waals surface area contributed by atoms with E-state index in [1.165, 1.54) is 25.9 Å². The predicted octanol–water partition coefficient (Wildman–Crippen LogP) is 1.78. The van der Waals surface area contributed by atoms with Crippen LogP contribution in [0.2, 0.25) is 5.15 Å². The molecule has 1 atom stereocenters. The summed E-state index contributed by atoms with van der Waals surface area (Å²) in [7, 11) is 0. The molecule has 5 heterocycles. The number of aromatic nitrogens is 2. The summed E-state index contributed by atoms with van der Waals surface area (Å²) >= 11 is 5.75. The van der Waals surface area contributed by atoms with E-state index in [1.54, 1.807) is 12.1 Å². The Morgan fingerprint density at radius 3 is 2.81 bits per heavy atom. The summed E-state index contributed by atoms with van der Waals surface area (Å²) in [6.45, 7) is 4.23. The van der Waals surface area contributed by atoms with Crippen molar-refractivity contribution in [2.24, 2.45) is 10.9 Å². The quantitative estimate of drug-likeness (QED) is 0.857. The highest BCUT2D eigenvalue weighted by Crippen LogP contribution is 2.41. The lowest BCUT2D eigenvalue weighted by Crippen LogP contribution is -2.62. The number of nitrogens with one attached hydrogen (secondary N) is 1. The van der Waals surface area contributed by atoms with Crippen LogP contribution in [0.5, 0.6) is 0 Å². The summed E-state index contributed by atoms with van der Waals surface area (Å²) in [6, 6.07) is 4.04. The van der Waals surface area contributed by atoms with Gasteiger partial charge in [-0.2, -0.15) is 0 Å². The zero-order chi connectivity index (χ0) is 14.3. The van der Waals surface area contributed by atoms with E-state index in [0.29, 0.717) is 22.9 Å². The van der Waals surface area contributed by atoms with Crippen LogP contribution in [-0.2, 0) is 4.74 Å². The summed E-state index contributed by atoms with van der Waals surface area (Å²) in [5.41, 5.74) is -0.0690. The molecule has 21 heavy (non-hydrogen) atoms. The van der Waals surface area contributed by atoms with Crippen LogP contribution in [-0.4, -0.2) is 52.9 Å². The molecule has 0 aliphatic carbocycles. The molecule has 7 heteroatoms. The Labute approximate surface area is 128 Å². The van der Waals surface area contributed by atoms with E-state index in [-0.39, 0.29) is 5.60 Å². The van der Waals surface area contributed by atoms with Crippen LogP contribution >= 0.6 is 11.6 Å². The van der Waals surface area contributed by atoms with E-state index in [0.717, 1.165) is 19.5 Å². The summed E-state index contributed by atoms with van der Waals surface area (Å²) in [5.74, 6) is 1.25. The first kappa shape index (κ1) is 13.3. The fraction of sp³-hybridized carbons (Fsp3) is 0.643. The Morgan fingerprint density at radius 2 is 2.14 bits per heavy atom. The van der Waals surface area contributed by atoms with Gasteiger partial charge in [-0.25, -0.2) is 4.99 Å². The van der Waals surface area contributed by atoms with Gasteiger partial charge >= 0.3 is 0 Å². The van der Waals surface area contributed by atoms with Crippen molar-refractivity contribution in [2.75, 3.05) is 31.5 Å². The van der Waals surface area contributed by atoms with Crippen molar-refractivity contribution in [3.8, 4) is 0 Å². The second-order valence-corrected chi connectivity index (χ2v) is 6.41. The molecule has 3 fully saturated rings. The number of nitrogens with zero attached hydrogens (tertiary/aromatic N) is 4. The molecule has 5 rings (SSSR count). The van der Waals surface area contributed by atoms with Gasteiger partial charge in [-0.1, -0.05) is 11.6 Å². The lowest BCUT2D eigenvalue weighted by molar-refractivity contribution is -0.109. The SMILES string of the molecule is Clc1ccc(NC2=NCCC3(CN4CCC3CC4)O2)nn1. The van der Waals surface area contributed by atoms with Crippen molar-refractivity contribution in [1.82, 2.24) is 15.1 Å². The van der Waals surface area contributed by atoms with E-state index in [9.17, 15) is 0 Å². The van der Waals surface area contributed by atoms with Crippen LogP contribution in [0.15, 0.2) is 17.1 Å². The van der Waals surface area contributed by atoms with Crippen molar-refractivity contribution in [3.63, 3.8) is 0 Å². The van der Waals surface area contributed by atoms with Gasteiger partial charge in [0.05, 0.1) is 0 Å².